The Morgan fingerprint density at radius 2 is 1.85 bits per heavy atom. The Morgan fingerprint density at radius 3 is 2.50 bits per heavy atom. The van der Waals surface area contributed by atoms with E-state index in [9.17, 15) is 4.79 Å². The van der Waals surface area contributed by atoms with Gasteiger partial charge in [0.25, 0.3) is 5.91 Å². The second kappa shape index (κ2) is 6.39. The minimum Gasteiger partial charge on any atom is -0.322 e. The molecule has 0 heterocycles. The Bertz CT molecular complexity index is 649. The van der Waals surface area contributed by atoms with Crippen LogP contribution >= 0.6 is 22.6 Å². The van der Waals surface area contributed by atoms with Crippen LogP contribution in [0.5, 0.6) is 0 Å². The molecule has 2 aromatic carbocycles. The van der Waals surface area contributed by atoms with E-state index in [-0.39, 0.29) is 5.91 Å². The summed E-state index contributed by atoms with van der Waals surface area (Å²) in [5, 5.41) is 3.01. The molecule has 20 heavy (non-hydrogen) atoms. The van der Waals surface area contributed by atoms with Gasteiger partial charge >= 0.3 is 0 Å². The number of nitrogens with one attached hydrogen (secondary N) is 1. The van der Waals surface area contributed by atoms with E-state index in [1.54, 1.807) is 0 Å². The molecule has 0 aromatic heterocycles. The topological polar surface area (TPSA) is 29.1 Å². The number of aryl methyl sites for hydroxylation is 3. The highest BCUT2D eigenvalue weighted by Gasteiger charge is 2.09. The molecule has 0 fully saturated rings. The van der Waals surface area contributed by atoms with Crippen LogP contribution in [0.4, 0.5) is 5.69 Å². The van der Waals surface area contributed by atoms with Crippen molar-refractivity contribution in [2.45, 2.75) is 27.2 Å². The molecule has 0 radical (unpaired) electrons. The zero-order chi connectivity index (χ0) is 14.7. The first-order chi connectivity index (χ1) is 9.51. The molecule has 2 rings (SSSR count). The maximum Gasteiger partial charge on any atom is 0.255 e. The van der Waals surface area contributed by atoms with E-state index in [4.69, 9.17) is 0 Å². The van der Waals surface area contributed by atoms with Gasteiger partial charge in [0.1, 0.15) is 0 Å². The second-order valence-electron chi connectivity index (χ2n) is 4.91. The lowest BCUT2D eigenvalue weighted by Gasteiger charge is -2.11. The molecular weight excluding hydrogens is 361 g/mol. The van der Waals surface area contributed by atoms with Crippen molar-refractivity contribution in [3.8, 4) is 0 Å². The summed E-state index contributed by atoms with van der Waals surface area (Å²) in [5.74, 6) is -0.0518. The number of hydrogen-bond acceptors (Lipinski definition) is 1. The van der Waals surface area contributed by atoms with Crippen LogP contribution in [0.15, 0.2) is 36.4 Å². The summed E-state index contributed by atoms with van der Waals surface area (Å²) in [4.78, 5) is 12.3. The van der Waals surface area contributed by atoms with Gasteiger partial charge in [-0.05, 0) is 89.9 Å². The average molecular weight is 379 g/mol. The second-order valence-corrected chi connectivity index (χ2v) is 6.15. The van der Waals surface area contributed by atoms with Crippen molar-refractivity contribution in [2.75, 3.05) is 5.32 Å². The molecule has 3 heteroatoms. The lowest BCUT2D eigenvalue weighted by molar-refractivity contribution is 0.102. The minimum absolute atomic E-state index is 0.0518. The molecule has 0 aliphatic rings. The largest absolute Gasteiger partial charge is 0.322 e. The molecule has 0 aliphatic heterocycles. The predicted molar refractivity (Wildman–Crippen MR) is 92.4 cm³/mol. The van der Waals surface area contributed by atoms with Gasteiger partial charge in [-0.25, -0.2) is 0 Å². The molecule has 0 spiro atoms. The fourth-order valence-corrected chi connectivity index (χ4v) is 2.61. The van der Waals surface area contributed by atoms with Crippen LogP contribution in [0.1, 0.15) is 34.0 Å². The highest BCUT2D eigenvalue weighted by molar-refractivity contribution is 14.1. The van der Waals surface area contributed by atoms with Gasteiger partial charge in [0.2, 0.25) is 0 Å². The lowest BCUT2D eigenvalue weighted by atomic mass is 10.1. The molecule has 0 bridgehead atoms. The highest BCUT2D eigenvalue weighted by atomic mass is 127. The standard InChI is InChI=1S/C17H18INO/c1-4-13-10-15(18)7-8-16(13)19-17(20)14-6-5-11(2)12(3)9-14/h5-10H,4H2,1-3H3,(H,19,20). The zero-order valence-corrected chi connectivity index (χ0v) is 14.1. The van der Waals surface area contributed by atoms with Crippen molar-refractivity contribution in [1.82, 2.24) is 0 Å². The Balaban J connectivity index is 2.25. The van der Waals surface area contributed by atoms with Gasteiger partial charge in [0, 0.05) is 14.8 Å². The van der Waals surface area contributed by atoms with Gasteiger partial charge in [-0.2, -0.15) is 0 Å². The number of anilines is 1. The first kappa shape index (κ1) is 15.0. The van der Waals surface area contributed by atoms with Gasteiger partial charge in [-0.1, -0.05) is 13.0 Å². The number of carbonyl (C=O) groups excluding carboxylic acids is 1. The molecule has 1 amide bonds. The monoisotopic (exact) mass is 379 g/mol. The van der Waals surface area contributed by atoms with Crippen LogP contribution in [0.2, 0.25) is 0 Å². The fourth-order valence-electron chi connectivity index (χ4n) is 2.05. The summed E-state index contributed by atoms with van der Waals surface area (Å²) >= 11 is 2.29. The smallest absolute Gasteiger partial charge is 0.255 e. The van der Waals surface area contributed by atoms with E-state index in [2.05, 4.69) is 40.9 Å². The van der Waals surface area contributed by atoms with Crippen LogP contribution in [-0.4, -0.2) is 5.91 Å². The Morgan fingerprint density at radius 1 is 1.10 bits per heavy atom. The maximum absolute atomic E-state index is 12.3. The fraction of sp³-hybridized carbons (Fsp3) is 0.235. The van der Waals surface area contributed by atoms with E-state index >= 15 is 0 Å². The van der Waals surface area contributed by atoms with Gasteiger partial charge in [-0.3, -0.25) is 4.79 Å². The summed E-state index contributed by atoms with van der Waals surface area (Å²) in [6, 6.07) is 11.9. The maximum atomic E-state index is 12.3. The van der Waals surface area contributed by atoms with E-state index in [1.165, 1.54) is 9.13 Å². The number of benzene rings is 2. The molecule has 0 saturated carbocycles. The van der Waals surface area contributed by atoms with Crippen LogP contribution in [0.3, 0.4) is 0 Å². The molecule has 0 aliphatic carbocycles. The summed E-state index contributed by atoms with van der Waals surface area (Å²) in [6.45, 7) is 6.16. The molecule has 0 unspecified atom stereocenters. The van der Waals surface area contributed by atoms with Crippen molar-refractivity contribution < 1.29 is 4.79 Å². The van der Waals surface area contributed by atoms with Crippen molar-refractivity contribution in [1.29, 1.82) is 0 Å². The Kier molecular flexibility index (Phi) is 4.81. The third-order valence-corrected chi connectivity index (χ3v) is 4.14. The molecule has 2 nitrogen and oxygen atoms in total. The molecule has 1 N–H and O–H groups in total. The van der Waals surface area contributed by atoms with Crippen LogP contribution in [-0.2, 0) is 6.42 Å². The Labute approximate surface area is 133 Å². The van der Waals surface area contributed by atoms with Gasteiger partial charge in [0.15, 0.2) is 0 Å². The van der Waals surface area contributed by atoms with Gasteiger partial charge < -0.3 is 5.32 Å². The van der Waals surface area contributed by atoms with E-state index in [0.29, 0.717) is 5.56 Å². The average Bonchev–Trinajstić information content (AvgIpc) is 2.43. The third-order valence-electron chi connectivity index (χ3n) is 3.47. The van der Waals surface area contributed by atoms with Crippen molar-refractivity contribution in [3.05, 3.63) is 62.2 Å². The third kappa shape index (κ3) is 3.39. The van der Waals surface area contributed by atoms with Gasteiger partial charge in [0.05, 0.1) is 0 Å². The van der Waals surface area contributed by atoms with Crippen molar-refractivity contribution in [3.63, 3.8) is 0 Å². The van der Waals surface area contributed by atoms with Crippen LogP contribution in [0, 0.1) is 17.4 Å². The number of amides is 1. The summed E-state index contributed by atoms with van der Waals surface area (Å²) < 4.78 is 1.18. The minimum atomic E-state index is -0.0518. The van der Waals surface area contributed by atoms with E-state index in [1.807, 2.05) is 44.2 Å². The summed E-state index contributed by atoms with van der Waals surface area (Å²) in [7, 11) is 0. The molecule has 0 atom stereocenters. The number of carbonyl (C=O) groups is 1. The van der Waals surface area contributed by atoms with Crippen molar-refractivity contribution >= 4 is 34.2 Å². The van der Waals surface area contributed by atoms with Crippen LogP contribution in [0.25, 0.3) is 0 Å². The number of hydrogen-bond donors (Lipinski definition) is 1. The normalized spacial score (nSPS) is 10.4. The first-order valence-electron chi connectivity index (χ1n) is 6.68. The van der Waals surface area contributed by atoms with E-state index in [0.717, 1.165) is 23.2 Å². The molecule has 0 saturated heterocycles. The van der Waals surface area contributed by atoms with E-state index < -0.39 is 0 Å². The highest BCUT2D eigenvalue weighted by Crippen LogP contribution is 2.20. The molecular formula is C17H18INO. The molecule has 2 aromatic rings. The number of halogens is 1. The Hall–Kier alpha value is -1.36. The summed E-state index contributed by atoms with van der Waals surface area (Å²) in [6.07, 6.45) is 0.902. The predicted octanol–water partition coefficient (Wildman–Crippen LogP) is 4.72. The lowest BCUT2D eigenvalue weighted by Crippen LogP contribution is -2.13. The van der Waals surface area contributed by atoms with Gasteiger partial charge in [-0.15, -0.1) is 0 Å². The quantitative estimate of drug-likeness (QED) is 0.769. The number of rotatable bonds is 3. The zero-order valence-electron chi connectivity index (χ0n) is 12.0. The SMILES string of the molecule is CCc1cc(I)ccc1NC(=O)c1ccc(C)c(C)c1. The summed E-state index contributed by atoms with van der Waals surface area (Å²) in [5.41, 5.74) is 5.10. The molecule has 104 valence electrons. The van der Waals surface area contributed by atoms with Crippen molar-refractivity contribution in [2.24, 2.45) is 0 Å². The van der Waals surface area contributed by atoms with Crippen LogP contribution < -0.4 is 5.32 Å². The first-order valence-corrected chi connectivity index (χ1v) is 7.76.